The Labute approximate surface area is 135 Å². The van der Waals surface area contributed by atoms with Gasteiger partial charge in [-0.05, 0) is 18.6 Å². The van der Waals surface area contributed by atoms with Gasteiger partial charge >= 0.3 is 6.03 Å². The summed E-state index contributed by atoms with van der Waals surface area (Å²) in [6.07, 6.45) is 4.12. The van der Waals surface area contributed by atoms with E-state index in [0.29, 0.717) is 25.2 Å². The minimum absolute atomic E-state index is 0.00728. The van der Waals surface area contributed by atoms with Gasteiger partial charge in [-0.1, -0.05) is 31.4 Å². The Hall–Kier alpha value is -1.82. The third-order valence-corrected chi connectivity index (χ3v) is 4.11. The van der Waals surface area contributed by atoms with Crippen molar-refractivity contribution in [2.75, 3.05) is 25.5 Å². The predicted octanol–water partition coefficient (Wildman–Crippen LogP) is 2.60. The number of nitrogens with zero attached hydrogens (tertiary/aromatic N) is 3. The van der Waals surface area contributed by atoms with Gasteiger partial charge in [0.15, 0.2) is 5.15 Å². The monoisotopic (exact) mass is 324 g/mol. The van der Waals surface area contributed by atoms with Crippen molar-refractivity contribution >= 4 is 29.2 Å². The molecular formula is C15H21ClN4O2. The second kappa shape index (κ2) is 7.45. The lowest BCUT2D eigenvalue weighted by atomic mass is 10.0. The molecule has 0 aromatic carbocycles. The van der Waals surface area contributed by atoms with Crippen molar-refractivity contribution in [3.63, 3.8) is 0 Å². The van der Waals surface area contributed by atoms with Crippen LogP contribution < -0.4 is 5.32 Å². The van der Waals surface area contributed by atoms with Crippen LogP contribution in [-0.2, 0) is 4.79 Å². The van der Waals surface area contributed by atoms with E-state index in [1.54, 1.807) is 35.2 Å². The molecule has 3 amide bonds. The highest BCUT2D eigenvalue weighted by molar-refractivity contribution is 6.32. The van der Waals surface area contributed by atoms with Gasteiger partial charge in [-0.25, -0.2) is 9.78 Å². The highest BCUT2D eigenvalue weighted by Gasteiger charge is 2.35. The minimum atomic E-state index is -0.408. The normalized spacial score (nSPS) is 18.5. The largest absolute Gasteiger partial charge is 0.342 e. The lowest BCUT2D eigenvalue weighted by Crippen LogP contribution is -2.58. The lowest BCUT2D eigenvalue weighted by Gasteiger charge is -2.39. The summed E-state index contributed by atoms with van der Waals surface area (Å²) < 4.78 is 0. The van der Waals surface area contributed by atoms with Gasteiger partial charge in [-0.3, -0.25) is 4.79 Å². The third kappa shape index (κ3) is 3.68. The Morgan fingerprint density at radius 3 is 2.95 bits per heavy atom. The van der Waals surface area contributed by atoms with E-state index in [9.17, 15) is 9.59 Å². The molecule has 1 aliphatic rings. The summed E-state index contributed by atoms with van der Waals surface area (Å²) in [4.78, 5) is 32.0. The molecule has 1 N–H and O–H groups in total. The first kappa shape index (κ1) is 16.5. The Kier molecular flexibility index (Phi) is 5.60. The molecule has 6 nitrogen and oxygen atoms in total. The van der Waals surface area contributed by atoms with Crippen LogP contribution in [0.15, 0.2) is 18.3 Å². The molecule has 0 bridgehead atoms. The van der Waals surface area contributed by atoms with Crippen molar-refractivity contribution in [2.24, 2.45) is 0 Å². The SMILES string of the molecule is CCCCC1C(=O)N(C)CCN1C(=O)Nc1cccnc1Cl. The number of hydrogen-bond donors (Lipinski definition) is 1. The number of carbonyl (C=O) groups is 2. The van der Waals surface area contributed by atoms with Gasteiger partial charge in [-0.15, -0.1) is 0 Å². The highest BCUT2D eigenvalue weighted by Crippen LogP contribution is 2.21. The number of unbranched alkanes of at least 4 members (excludes halogenated alkanes) is 1. The van der Waals surface area contributed by atoms with Crippen LogP contribution >= 0.6 is 11.6 Å². The van der Waals surface area contributed by atoms with Crippen molar-refractivity contribution in [3.8, 4) is 0 Å². The van der Waals surface area contributed by atoms with E-state index >= 15 is 0 Å². The smallest absolute Gasteiger partial charge is 0.322 e. The number of nitrogens with one attached hydrogen (secondary N) is 1. The fourth-order valence-corrected chi connectivity index (χ4v) is 2.66. The lowest BCUT2D eigenvalue weighted by molar-refractivity contribution is -0.138. The summed E-state index contributed by atoms with van der Waals surface area (Å²) in [6.45, 7) is 3.12. The first-order valence-electron chi connectivity index (χ1n) is 7.47. The number of likely N-dealkylation sites (N-methyl/N-ethyl adjacent to an activating group) is 1. The highest BCUT2D eigenvalue weighted by atomic mass is 35.5. The van der Waals surface area contributed by atoms with Crippen LogP contribution in [0.5, 0.6) is 0 Å². The van der Waals surface area contributed by atoms with Crippen LogP contribution in [0.1, 0.15) is 26.2 Å². The van der Waals surface area contributed by atoms with E-state index in [-0.39, 0.29) is 17.1 Å². The summed E-state index contributed by atoms with van der Waals surface area (Å²) in [6, 6.07) is 2.67. The zero-order valence-corrected chi connectivity index (χ0v) is 13.6. The van der Waals surface area contributed by atoms with E-state index < -0.39 is 6.04 Å². The zero-order chi connectivity index (χ0) is 16.1. The van der Waals surface area contributed by atoms with E-state index in [4.69, 9.17) is 11.6 Å². The van der Waals surface area contributed by atoms with Crippen LogP contribution in [0.25, 0.3) is 0 Å². The number of rotatable bonds is 4. The van der Waals surface area contributed by atoms with Crippen LogP contribution in [0.3, 0.4) is 0 Å². The van der Waals surface area contributed by atoms with Crippen molar-refractivity contribution < 1.29 is 9.59 Å². The van der Waals surface area contributed by atoms with Crippen LogP contribution in [0.4, 0.5) is 10.5 Å². The average Bonchev–Trinajstić information content (AvgIpc) is 2.51. The maximum atomic E-state index is 12.5. The quantitative estimate of drug-likeness (QED) is 0.866. The van der Waals surface area contributed by atoms with Crippen molar-refractivity contribution in [3.05, 3.63) is 23.5 Å². The number of amides is 3. The summed E-state index contributed by atoms with van der Waals surface area (Å²) >= 11 is 5.96. The summed E-state index contributed by atoms with van der Waals surface area (Å²) in [5, 5.41) is 2.98. The zero-order valence-electron chi connectivity index (χ0n) is 12.9. The number of piperazine rings is 1. The second-order valence-corrected chi connectivity index (χ2v) is 5.74. The van der Waals surface area contributed by atoms with Gasteiger partial charge in [0.1, 0.15) is 6.04 Å². The molecule has 1 fully saturated rings. The molecule has 1 aromatic rings. The molecule has 0 spiro atoms. The Balaban J connectivity index is 2.11. The molecule has 22 heavy (non-hydrogen) atoms. The second-order valence-electron chi connectivity index (χ2n) is 5.38. The standard InChI is InChI=1S/C15H21ClN4O2/c1-3-4-7-12-14(21)19(2)9-10-20(12)15(22)18-11-6-5-8-17-13(11)16/h5-6,8,12H,3-4,7,9-10H2,1-2H3,(H,18,22). The van der Waals surface area contributed by atoms with Gasteiger partial charge in [0.2, 0.25) is 5.91 Å². The van der Waals surface area contributed by atoms with Gasteiger partial charge in [0.25, 0.3) is 0 Å². The molecule has 2 rings (SSSR count). The first-order chi connectivity index (χ1) is 10.5. The van der Waals surface area contributed by atoms with Gasteiger partial charge in [0.05, 0.1) is 5.69 Å². The maximum absolute atomic E-state index is 12.5. The molecule has 1 unspecified atom stereocenters. The molecule has 2 heterocycles. The Morgan fingerprint density at radius 2 is 2.27 bits per heavy atom. The molecule has 7 heteroatoms. The maximum Gasteiger partial charge on any atom is 0.322 e. The number of anilines is 1. The first-order valence-corrected chi connectivity index (χ1v) is 7.85. The summed E-state index contributed by atoms with van der Waals surface area (Å²) in [7, 11) is 1.77. The fourth-order valence-electron chi connectivity index (χ4n) is 2.50. The van der Waals surface area contributed by atoms with Gasteiger partial charge in [0, 0.05) is 26.3 Å². The number of halogens is 1. The minimum Gasteiger partial charge on any atom is -0.342 e. The van der Waals surface area contributed by atoms with E-state index in [0.717, 1.165) is 12.8 Å². The molecule has 1 saturated heterocycles. The van der Waals surface area contributed by atoms with E-state index in [2.05, 4.69) is 17.2 Å². The van der Waals surface area contributed by atoms with Gasteiger partial charge < -0.3 is 15.1 Å². The molecule has 0 saturated carbocycles. The Bertz CT molecular complexity index is 552. The molecular weight excluding hydrogens is 304 g/mol. The molecule has 1 aromatic heterocycles. The number of pyridine rings is 1. The van der Waals surface area contributed by atoms with E-state index in [1.165, 1.54) is 0 Å². The number of urea groups is 1. The van der Waals surface area contributed by atoms with Crippen LogP contribution in [-0.4, -0.2) is 52.9 Å². The molecule has 120 valence electrons. The number of hydrogen-bond acceptors (Lipinski definition) is 3. The number of aromatic nitrogens is 1. The molecule has 1 aliphatic heterocycles. The summed E-state index contributed by atoms with van der Waals surface area (Å²) in [5.74, 6) is -0.00728. The van der Waals surface area contributed by atoms with Crippen molar-refractivity contribution in [2.45, 2.75) is 32.2 Å². The van der Waals surface area contributed by atoms with Crippen LogP contribution in [0.2, 0.25) is 5.15 Å². The summed E-state index contributed by atoms with van der Waals surface area (Å²) in [5.41, 5.74) is 0.454. The van der Waals surface area contributed by atoms with Gasteiger partial charge in [-0.2, -0.15) is 0 Å². The van der Waals surface area contributed by atoms with E-state index in [1.807, 2.05) is 0 Å². The molecule has 1 atom stereocenters. The molecule has 0 aliphatic carbocycles. The Morgan fingerprint density at radius 1 is 1.50 bits per heavy atom. The predicted molar refractivity (Wildman–Crippen MR) is 85.9 cm³/mol. The fraction of sp³-hybridized carbons (Fsp3) is 0.533. The average molecular weight is 325 g/mol. The van der Waals surface area contributed by atoms with Crippen molar-refractivity contribution in [1.29, 1.82) is 0 Å². The molecule has 0 radical (unpaired) electrons. The topological polar surface area (TPSA) is 65.5 Å². The third-order valence-electron chi connectivity index (χ3n) is 3.81. The van der Waals surface area contributed by atoms with Crippen molar-refractivity contribution in [1.82, 2.24) is 14.8 Å². The number of carbonyl (C=O) groups excluding carboxylic acids is 2. The van der Waals surface area contributed by atoms with Crippen LogP contribution in [0, 0.1) is 0 Å².